The first-order chi connectivity index (χ1) is 9.15. The molecule has 0 fully saturated rings. The summed E-state index contributed by atoms with van der Waals surface area (Å²) in [5.41, 5.74) is 10.2. The third-order valence-electron chi connectivity index (χ3n) is 3.04. The van der Waals surface area contributed by atoms with Crippen LogP contribution < -0.4 is 5.73 Å². The van der Waals surface area contributed by atoms with Crippen molar-refractivity contribution in [3.63, 3.8) is 0 Å². The third-order valence-corrected chi connectivity index (χ3v) is 3.45. The first-order valence-corrected chi connectivity index (χ1v) is 6.32. The molecule has 0 saturated carbocycles. The van der Waals surface area contributed by atoms with Gasteiger partial charge in [0.05, 0.1) is 11.0 Å². The second-order valence-corrected chi connectivity index (χ2v) is 4.82. The van der Waals surface area contributed by atoms with Crippen LogP contribution in [0.4, 0.5) is 5.82 Å². The highest BCUT2D eigenvalue weighted by Crippen LogP contribution is 2.28. The molecule has 0 spiro atoms. The molecule has 3 aromatic rings. The van der Waals surface area contributed by atoms with Gasteiger partial charge in [-0.05, 0) is 30.7 Å². The molecule has 0 aliphatic rings. The quantitative estimate of drug-likeness (QED) is 0.730. The van der Waals surface area contributed by atoms with E-state index in [4.69, 9.17) is 17.3 Å². The highest BCUT2D eigenvalue weighted by molar-refractivity contribution is 6.31. The fourth-order valence-electron chi connectivity index (χ4n) is 1.97. The highest BCUT2D eigenvalue weighted by atomic mass is 35.5. The Bertz CT molecular complexity index is 768. The Kier molecular flexibility index (Phi) is 2.84. The third kappa shape index (κ3) is 2.13. The molecule has 19 heavy (non-hydrogen) atoms. The molecule has 0 aliphatic carbocycles. The molecule has 2 aromatic carbocycles. The minimum atomic E-state index is 0.415. The van der Waals surface area contributed by atoms with Crippen LogP contribution in [0.3, 0.4) is 0 Å². The fourth-order valence-corrected chi connectivity index (χ4v) is 2.15. The van der Waals surface area contributed by atoms with Crippen LogP contribution in [0.1, 0.15) is 5.56 Å². The normalized spacial score (nSPS) is 10.8. The largest absolute Gasteiger partial charge is 0.382 e. The van der Waals surface area contributed by atoms with Crippen LogP contribution in [0.25, 0.3) is 22.3 Å². The van der Waals surface area contributed by atoms with Crippen molar-refractivity contribution in [3.05, 3.63) is 53.1 Å². The van der Waals surface area contributed by atoms with Crippen LogP contribution in [0.15, 0.2) is 42.5 Å². The van der Waals surface area contributed by atoms with Gasteiger partial charge in [-0.25, -0.2) is 9.97 Å². The summed E-state index contributed by atoms with van der Waals surface area (Å²) >= 11 is 6.15. The van der Waals surface area contributed by atoms with Crippen LogP contribution >= 0.6 is 11.6 Å². The van der Waals surface area contributed by atoms with Gasteiger partial charge in [-0.1, -0.05) is 35.9 Å². The molecule has 0 radical (unpaired) electrons. The standard InChI is InChI=1S/C15H12ClN3/c1-9-6-7-10(8-11(9)16)14-15(17)19-13-5-3-2-4-12(13)18-14/h2-8H,1H3,(H2,17,19). The molecule has 0 unspecified atom stereocenters. The monoisotopic (exact) mass is 269 g/mol. The average Bonchev–Trinajstić information content (AvgIpc) is 2.41. The van der Waals surface area contributed by atoms with Crippen molar-refractivity contribution in [2.75, 3.05) is 5.73 Å². The number of halogens is 1. The number of rotatable bonds is 1. The van der Waals surface area contributed by atoms with Gasteiger partial charge in [0.2, 0.25) is 0 Å². The van der Waals surface area contributed by atoms with E-state index in [0.717, 1.165) is 22.2 Å². The van der Waals surface area contributed by atoms with Gasteiger partial charge in [0.15, 0.2) is 5.82 Å². The number of fused-ring (bicyclic) bond motifs is 1. The van der Waals surface area contributed by atoms with Crippen molar-refractivity contribution in [2.24, 2.45) is 0 Å². The van der Waals surface area contributed by atoms with Gasteiger partial charge >= 0.3 is 0 Å². The lowest BCUT2D eigenvalue weighted by Crippen LogP contribution is -1.98. The number of nitrogens with two attached hydrogens (primary N) is 1. The van der Waals surface area contributed by atoms with Crippen molar-refractivity contribution in [1.29, 1.82) is 0 Å². The van der Waals surface area contributed by atoms with Crippen LogP contribution in [0.2, 0.25) is 5.02 Å². The molecule has 0 bridgehead atoms. The van der Waals surface area contributed by atoms with Crippen molar-refractivity contribution in [3.8, 4) is 11.3 Å². The summed E-state index contributed by atoms with van der Waals surface area (Å²) in [5.74, 6) is 0.415. The number of aryl methyl sites for hydroxylation is 1. The lowest BCUT2D eigenvalue weighted by Gasteiger charge is -2.07. The topological polar surface area (TPSA) is 51.8 Å². The maximum absolute atomic E-state index is 6.15. The molecule has 0 saturated heterocycles. The number of benzene rings is 2. The van der Waals surface area contributed by atoms with Crippen LogP contribution in [0.5, 0.6) is 0 Å². The van der Waals surface area contributed by atoms with Crippen molar-refractivity contribution < 1.29 is 0 Å². The van der Waals surface area contributed by atoms with E-state index in [1.807, 2.05) is 49.4 Å². The van der Waals surface area contributed by atoms with E-state index in [1.165, 1.54) is 0 Å². The maximum atomic E-state index is 6.15. The van der Waals surface area contributed by atoms with Gasteiger partial charge in [-0.3, -0.25) is 0 Å². The van der Waals surface area contributed by atoms with Crippen molar-refractivity contribution in [1.82, 2.24) is 9.97 Å². The Morgan fingerprint density at radius 1 is 1.00 bits per heavy atom. The van der Waals surface area contributed by atoms with Gasteiger partial charge in [-0.15, -0.1) is 0 Å². The predicted octanol–water partition coefficient (Wildman–Crippen LogP) is 3.84. The highest BCUT2D eigenvalue weighted by Gasteiger charge is 2.09. The zero-order valence-electron chi connectivity index (χ0n) is 10.4. The number of anilines is 1. The van der Waals surface area contributed by atoms with E-state index in [0.29, 0.717) is 16.5 Å². The molecule has 1 heterocycles. The van der Waals surface area contributed by atoms with E-state index < -0.39 is 0 Å². The molecule has 3 nitrogen and oxygen atoms in total. The lowest BCUT2D eigenvalue weighted by atomic mass is 10.1. The Balaban J connectivity index is 2.23. The van der Waals surface area contributed by atoms with Gasteiger partial charge in [0, 0.05) is 10.6 Å². The molecule has 4 heteroatoms. The summed E-state index contributed by atoms with van der Waals surface area (Å²) in [5, 5.41) is 0.701. The number of nitrogens with zero attached hydrogens (tertiary/aromatic N) is 2. The first kappa shape index (κ1) is 11.9. The second-order valence-electron chi connectivity index (χ2n) is 4.41. The molecule has 0 atom stereocenters. The van der Waals surface area contributed by atoms with E-state index in [-0.39, 0.29) is 0 Å². The number of hydrogen-bond donors (Lipinski definition) is 1. The minimum absolute atomic E-state index is 0.415. The average molecular weight is 270 g/mol. The summed E-state index contributed by atoms with van der Waals surface area (Å²) < 4.78 is 0. The molecule has 0 aliphatic heterocycles. The van der Waals surface area contributed by atoms with Crippen molar-refractivity contribution >= 4 is 28.5 Å². The van der Waals surface area contributed by atoms with Gasteiger partial charge in [-0.2, -0.15) is 0 Å². The minimum Gasteiger partial charge on any atom is -0.382 e. The number of para-hydroxylation sites is 2. The molecule has 3 rings (SSSR count). The summed E-state index contributed by atoms with van der Waals surface area (Å²) in [6, 6.07) is 13.4. The zero-order valence-corrected chi connectivity index (χ0v) is 11.1. The molecule has 0 amide bonds. The summed E-state index contributed by atoms with van der Waals surface area (Å²) in [6.45, 7) is 1.96. The van der Waals surface area contributed by atoms with E-state index >= 15 is 0 Å². The Morgan fingerprint density at radius 3 is 2.37 bits per heavy atom. The number of hydrogen-bond acceptors (Lipinski definition) is 3. The molecular formula is C15H12ClN3. The Labute approximate surface area is 116 Å². The molecular weight excluding hydrogens is 258 g/mol. The smallest absolute Gasteiger partial charge is 0.150 e. The van der Waals surface area contributed by atoms with Gasteiger partial charge < -0.3 is 5.73 Å². The number of nitrogen functional groups attached to an aromatic ring is 1. The molecule has 94 valence electrons. The van der Waals surface area contributed by atoms with Gasteiger partial charge in [0.1, 0.15) is 5.69 Å². The van der Waals surface area contributed by atoms with E-state index in [1.54, 1.807) is 0 Å². The summed E-state index contributed by atoms with van der Waals surface area (Å²) in [4.78, 5) is 8.95. The summed E-state index contributed by atoms with van der Waals surface area (Å²) in [7, 11) is 0. The predicted molar refractivity (Wildman–Crippen MR) is 79.1 cm³/mol. The SMILES string of the molecule is Cc1ccc(-c2nc3ccccc3nc2N)cc1Cl. The molecule has 2 N–H and O–H groups in total. The number of aromatic nitrogens is 2. The second kappa shape index (κ2) is 4.52. The summed E-state index contributed by atoms with van der Waals surface area (Å²) in [6.07, 6.45) is 0. The van der Waals surface area contributed by atoms with Crippen molar-refractivity contribution in [2.45, 2.75) is 6.92 Å². The van der Waals surface area contributed by atoms with Crippen LogP contribution in [-0.2, 0) is 0 Å². The Morgan fingerprint density at radius 2 is 1.68 bits per heavy atom. The molecule has 1 aromatic heterocycles. The Hall–Kier alpha value is -2.13. The fraction of sp³-hybridized carbons (Fsp3) is 0.0667. The van der Waals surface area contributed by atoms with Crippen LogP contribution in [0, 0.1) is 6.92 Å². The first-order valence-electron chi connectivity index (χ1n) is 5.94. The van der Waals surface area contributed by atoms with E-state index in [9.17, 15) is 0 Å². The lowest BCUT2D eigenvalue weighted by molar-refractivity contribution is 1.30. The maximum Gasteiger partial charge on any atom is 0.150 e. The van der Waals surface area contributed by atoms with Gasteiger partial charge in [0.25, 0.3) is 0 Å². The van der Waals surface area contributed by atoms with E-state index in [2.05, 4.69) is 9.97 Å². The zero-order chi connectivity index (χ0) is 13.4. The van der Waals surface area contributed by atoms with Crippen LogP contribution in [-0.4, -0.2) is 9.97 Å².